The van der Waals surface area contributed by atoms with Crippen LogP contribution in [-0.4, -0.2) is 71.5 Å². The summed E-state index contributed by atoms with van der Waals surface area (Å²) in [5, 5.41) is 9.52. The molecule has 2 amide bonds. The van der Waals surface area contributed by atoms with Crippen molar-refractivity contribution >= 4 is 21.8 Å². The zero-order chi connectivity index (χ0) is 15.8. The van der Waals surface area contributed by atoms with Crippen molar-refractivity contribution in [2.45, 2.75) is 44.7 Å². The van der Waals surface area contributed by atoms with Gasteiger partial charge >= 0.3 is 12.0 Å². The monoisotopic (exact) mass is 318 g/mol. The van der Waals surface area contributed by atoms with Crippen LogP contribution in [0.2, 0.25) is 0 Å². The van der Waals surface area contributed by atoms with Gasteiger partial charge < -0.3 is 14.9 Å². The Kier molecular flexibility index (Phi) is 4.19. The molecule has 2 atom stereocenters. The van der Waals surface area contributed by atoms with Crippen molar-refractivity contribution in [1.29, 1.82) is 0 Å². The van der Waals surface area contributed by atoms with Crippen LogP contribution < -0.4 is 0 Å². The summed E-state index contributed by atoms with van der Waals surface area (Å²) in [4.78, 5) is 27.2. The Hall–Kier alpha value is -1.31. The van der Waals surface area contributed by atoms with Gasteiger partial charge in [-0.15, -0.1) is 0 Å². The first-order valence-corrected chi connectivity index (χ1v) is 9.08. The smallest absolute Gasteiger partial charge is 0.329 e. The molecule has 0 saturated carbocycles. The summed E-state index contributed by atoms with van der Waals surface area (Å²) in [6.07, 6.45) is 1.46. The van der Waals surface area contributed by atoms with Crippen molar-refractivity contribution in [2.24, 2.45) is 0 Å². The van der Waals surface area contributed by atoms with E-state index in [1.807, 2.05) is 0 Å². The van der Waals surface area contributed by atoms with Crippen LogP contribution in [-0.2, 0) is 14.6 Å². The van der Waals surface area contributed by atoms with Crippen molar-refractivity contribution < 1.29 is 23.1 Å². The molecule has 1 N–H and O–H groups in total. The van der Waals surface area contributed by atoms with E-state index in [1.165, 1.54) is 9.80 Å². The van der Waals surface area contributed by atoms with E-state index in [4.69, 9.17) is 0 Å². The van der Waals surface area contributed by atoms with Crippen molar-refractivity contribution in [3.8, 4) is 0 Å². The van der Waals surface area contributed by atoms with Gasteiger partial charge in [0.2, 0.25) is 0 Å². The quantitative estimate of drug-likeness (QED) is 0.802. The third kappa shape index (κ3) is 2.73. The van der Waals surface area contributed by atoms with Gasteiger partial charge in [0, 0.05) is 19.1 Å². The molecular formula is C13H22N2O5S. The number of sulfone groups is 1. The predicted octanol–water partition coefficient (Wildman–Crippen LogP) is 0.555. The largest absolute Gasteiger partial charge is 0.479 e. The van der Waals surface area contributed by atoms with Crippen molar-refractivity contribution in [1.82, 2.24) is 9.80 Å². The topological polar surface area (TPSA) is 95.0 Å². The highest BCUT2D eigenvalue weighted by molar-refractivity contribution is 7.91. The van der Waals surface area contributed by atoms with Crippen LogP contribution in [0.5, 0.6) is 0 Å². The standard InChI is InChI=1S/C13H22N2O5S/c1-3-13(11(16)17)5-4-6-15(13)12(18)14-7-8-21(19,20)9-10(14)2/h10H,3-9H2,1-2H3,(H,16,17). The Balaban J connectivity index is 2.22. The van der Waals surface area contributed by atoms with Gasteiger partial charge in [-0.05, 0) is 26.2 Å². The van der Waals surface area contributed by atoms with Crippen LogP contribution in [0, 0.1) is 0 Å². The molecule has 0 aromatic rings. The summed E-state index contributed by atoms with van der Waals surface area (Å²) < 4.78 is 23.2. The lowest BCUT2D eigenvalue weighted by atomic mass is 9.93. The maximum absolute atomic E-state index is 12.7. The molecule has 2 heterocycles. The Morgan fingerprint density at radius 1 is 1.33 bits per heavy atom. The predicted molar refractivity (Wildman–Crippen MR) is 76.8 cm³/mol. The minimum atomic E-state index is -3.10. The minimum Gasteiger partial charge on any atom is -0.479 e. The molecule has 2 unspecified atom stereocenters. The zero-order valence-electron chi connectivity index (χ0n) is 12.4. The second-order valence-corrected chi connectivity index (χ2v) is 8.11. The molecule has 2 fully saturated rings. The molecule has 2 aliphatic rings. The van der Waals surface area contributed by atoms with Crippen molar-refractivity contribution in [3.63, 3.8) is 0 Å². The van der Waals surface area contributed by atoms with E-state index in [-0.39, 0.29) is 24.1 Å². The number of carboxylic acids is 1. The summed E-state index contributed by atoms with van der Waals surface area (Å²) >= 11 is 0. The molecule has 2 aliphatic heterocycles. The van der Waals surface area contributed by atoms with E-state index in [2.05, 4.69) is 0 Å². The lowest BCUT2D eigenvalue weighted by Crippen LogP contribution is -2.60. The fraction of sp³-hybridized carbons (Fsp3) is 0.846. The normalized spacial score (nSPS) is 32.2. The summed E-state index contributed by atoms with van der Waals surface area (Å²) in [5.74, 6) is -1.09. The fourth-order valence-corrected chi connectivity index (χ4v) is 4.89. The SMILES string of the molecule is CCC1(C(=O)O)CCCN1C(=O)N1CCS(=O)(=O)CC1C. The number of hydrogen-bond acceptors (Lipinski definition) is 4. The lowest BCUT2D eigenvalue weighted by molar-refractivity contribution is -0.148. The number of likely N-dealkylation sites (tertiary alicyclic amines) is 1. The number of aliphatic carboxylic acids is 1. The molecule has 0 aromatic heterocycles. The molecule has 21 heavy (non-hydrogen) atoms. The van der Waals surface area contributed by atoms with Gasteiger partial charge in [0.15, 0.2) is 9.84 Å². The summed E-state index contributed by atoms with van der Waals surface area (Å²) in [6.45, 7) is 4.01. The molecule has 2 saturated heterocycles. The molecule has 120 valence electrons. The number of carbonyl (C=O) groups excluding carboxylic acids is 1. The number of amides is 2. The number of hydrogen-bond donors (Lipinski definition) is 1. The first kappa shape index (κ1) is 16.1. The summed E-state index contributed by atoms with van der Waals surface area (Å²) in [7, 11) is -3.10. The van der Waals surface area contributed by atoms with Crippen LogP contribution in [0.4, 0.5) is 4.79 Å². The van der Waals surface area contributed by atoms with E-state index < -0.39 is 27.4 Å². The number of carbonyl (C=O) groups is 2. The summed E-state index contributed by atoms with van der Waals surface area (Å²) in [5.41, 5.74) is -1.15. The average molecular weight is 318 g/mol. The Morgan fingerprint density at radius 2 is 2.00 bits per heavy atom. The van der Waals surface area contributed by atoms with Crippen LogP contribution >= 0.6 is 0 Å². The average Bonchev–Trinajstić information content (AvgIpc) is 2.82. The van der Waals surface area contributed by atoms with Crippen LogP contribution in [0.1, 0.15) is 33.1 Å². The highest BCUT2D eigenvalue weighted by Crippen LogP contribution is 2.34. The number of rotatable bonds is 2. The van der Waals surface area contributed by atoms with Gasteiger partial charge in [-0.2, -0.15) is 0 Å². The number of nitrogens with zero attached hydrogens (tertiary/aromatic N) is 2. The first-order chi connectivity index (χ1) is 9.73. The maximum atomic E-state index is 12.7. The molecule has 0 bridgehead atoms. The Bertz CT molecular complexity index is 547. The second kappa shape index (κ2) is 5.47. The maximum Gasteiger partial charge on any atom is 0.329 e. The van der Waals surface area contributed by atoms with Gasteiger partial charge in [0.1, 0.15) is 5.54 Å². The fourth-order valence-electron chi connectivity index (χ4n) is 3.34. The van der Waals surface area contributed by atoms with E-state index in [9.17, 15) is 23.1 Å². The Labute approximate surface area is 124 Å². The van der Waals surface area contributed by atoms with Crippen molar-refractivity contribution in [2.75, 3.05) is 24.6 Å². The Morgan fingerprint density at radius 3 is 2.52 bits per heavy atom. The lowest BCUT2D eigenvalue weighted by Gasteiger charge is -2.41. The third-order valence-electron chi connectivity index (χ3n) is 4.62. The van der Waals surface area contributed by atoms with Gasteiger partial charge in [-0.1, -0.05) is 6.92 Å². The van der Waals surface area contributed by atoms with Crippen molar-refractivity contribution in [3.05, 3.63) is 0 Å². The van der Waals surface area contributed by atoms with Gasteiger partial charge in [0.25, 0.3) is 0 Å². The molecule has 0 spiro atoms. The van der Waals surface area contributed by atoms with E-state index in [0.29, 0.717) is 25.8 Å². The molecule has 8 heteroatoms. The van der Waals surface area contributed by atoms with Gasteiger partial charge in [-0.3, -0.25) is 0 Å². The third-order valence-corrected chi connectivity index (χ3v) is 6.41. The second-order valence-electron chi connectivity index (χ2n) is 5.88. The highest BCUT2D eigenvalue weighted by Gasteiger charge is 2.50. The highest BCUT2D eigenvalue weighted by atomic mass is 32.2. The first-order valence-electron chi connectivity index (χ1n) is 7.25. The zero-order valence-corrected chi connectivity index (χ0v) is 13.2. The molecule has 7 nitrogen and oxygen atoms in total. The molecule has 0 radical (unpaired) electrons. The molecule has 0 aliphatic carbocycles. The molecular weight excluding hydrogens is 296 g/mol. The van der Waals surface area contributed by atoms with Gasteiger partial charge in [-0.25, -0.2) is 18.0 Å². The number of urea groups is 1. The van der Waals surface area contributed by atoms with E-state index >= 15 is 0 Å². The molecule has 0 aromatic carbocycles. The van der Waals surface area contributed by atoms with E-state index in [0.717, 1.165) is 0 Å². The van der Waals surface area contributed by atoms with E-state index in [1.54, 1.807) is 13.8 Å². The van der Waals surface area contributed by atoms with Gasteiger partial charge in [0.05, 0.1) is 11.5 Å². The summed E-state index contributed by atoms with van der Waals surface area (Å²) in [6, 6.07) is -0.764. The minimum absolute atomic E-state index is 0.0525. The molecule has 2 rings (SSSR count). The van der Waals surface area contributed by atoms with Crippen LogP contribution in [0.15, 0.2) is 0 Å². The van der Waals surface area contributed by atoms with Crippen LogP contribution in [0.3, 0.4) is 0 Å². The number of carboxylic acid groups (broad SMARTS) is 1. The van der Waals surface area contributed by atoms with Crippen LogP contribution in [0.25, 0.3) is 0 Å².